The van der Waals surface area contributed by atoms with E-state index >= 15 is 0 Å². The molecule has 0 saturated carbocycles. The van der Waals surface area contributed by atoms with Gasteiger partial charge in [0.15, 0.2) is 0 Å². The monoisotopic (exact) mass is 199 g/mol. The number of hydrogen-bond donors (Lipinski definition) is 2. The molecule has 0 aliphatic rings. The summed E-state index contributed by atoms with van der Waals surface area (Å²) in [5.41, 5.74) is 0.199. The highest BCUT2D eigenvalue weighted by Gasteiger charge is 2.12. The van der Waals surface area contributed by atoms with Gasteiger partial charge in [-0.2, -0.15) is 0 Å². The number of carbonyl (C=O) groups is 1. The van der Waals surface area contributed by atoms with Gasteiger partial charge in [0.25, 0.3) is 0 Å². The first-order chi connectivity index (χ1) is 6.16. The van der Waals surface area contributed by atoms with E-state index < -0.39 is 5.97 Å². The molecule has 0 unspecified atom stereocenters. The van der Waals surface area contributed by atoms with Crippen molar-refractivity contribution in [3.05, 3.63) is 34.3 Å². The summed E-state index contributed by atoms with van der Waals surface area (Å²) in [6.45, 7) is 0. The SMILES string of the molecule is O=C(O)c1c(Cl)cccc1C=NO. The van der Waals surface area contributed by atoms with Crippen LogP contribution in [0.2, 0.25) is 5.02 Å². The molecule has 0 fully saturated rings. The Hall–Kier alpha value is -1.55. The topological polar surface area (TPSA) is 69.9 Å². The normalized spacial score (nSPS) is 10.5. The van der Waals surface area contributed by atoms with Crippen LogP contribution in [0.3, 0.4) is 0 Å². The van der Waals surface area contributed by atoms with Gasteiger partial charge in [0, 0.05) is 5.56 Å². The second-order valence-electron chi connectivity index (χ2n) is 2.25. The molecule has 4 nitrogen and oxygen atoms in total. The number of aromatic carboxylic acids is 1. The molecular weight excluding hydrogens is 194 g/mol. The molecule has 68 valence electrons. The zero-order valence-electron chi connectivity index (χ0n) is 6.44. The van der Waals surface area contributed by atoms with Crippen LogP contribution in [-0.2, 0) is 0 Å². The Labute approximate surface area is 79.1 Å². The Morgan fingerprint density at radius 2 is 2.23 bits per heavy atom. The number of carboxylic acids is 1. The van der Waals surface area contributed by atoms with E-state index in [1.807, 2.05) is 0 Å². The van der Waals surface area contributed by atoms with Gasteiger partial charge in [-0.1, -0.05) is 28.9 Å². The van der Waals surface area contributed by atoms with Gasteiger partial charge in [-0.15, -0.1) is 0 Å². The van der Waals surface area contributed by atoms with Crippen molar-refractivity contribution in [1.82, 2.24) is 0 Å². The maximum atomic E-state index is 10.7. The summed E-state index contributed by atoms with van der Waals surface area (Å²) in [7, 11) is 0. The summed E-state index contributed by atoms with van der Waals surface area (Å²) in [5.74, 6) is -1.15. The summed E-state index contributed by atoms with van der Waals surface area (Å²) in [6.07, 6.45) is 1.02. The molecule has 5 heteroatoms. The maximum absolute atomic E-state index is 10.7. The Balaban J connectivity index is 3.34. The predicted octanol–water partition coefficient (Wildman–Crippen LogP) is 1.85. The number of nitrogens with zero attached hydrogens (tertiary/aromatic N) is 1. The first-order valence-electron chi connectivity index (χ1n) is 3.36. The van der Waals surface area contributed by atoms with E-state index in [1.165, 1.54) is 12.1 Å². The van der Waals surface area contributed by atoms with Crippen molar-refractivity contribution in [1.29, 1.82) is 0 Å². The fourth-order valence-corrected chi connectivity index (χ4v) is 1.20. The quantitative estimate of drug-likeness (QED) is 0.434. The first kappa shape index (κ1) is 9.54. The van der Waals surface area contributed by atoms with E-state index in [0.717, 1.165) is 6.21 Å². The number of benzene rings is 1. The van der Waals surface area contributed by atoms with Gasteiger partial charge in [0.1, 0.15) is 0 Å². The minimum absolute atomic E-state index is 0.0676. The molecule has 0 atom stereocenters. The van der Waals surface area contributed by atoms with Gasteiger partial charge in [-0.25, -0.2) is 4.79 Å². The molecule has 1 aromatic carbocycles. The number of oxime groups is 1. The van der Waals surface area contributed by atoms with Gasteiger partial charge in [0.2, 0.25) is 0 Å². The van der Waals surface area contributed by atoms with Crippen LogP contribution in [0.5, 0.6) is 0 Å². The molecule has 0 saturated heterocycles. The zero-order valence-corrected chi connectivity index (χ0v) is 7.19. The highest BCUT2D eigenvalue weighted by atomic mass is 35.5. The average Bonchev–Trinajstić information content (AvgIpc) is 2.04. The van der Waals surface area contributed by atoms with Crippen LogP contribution in [0.1, 0.15) is 15.9 Å². The van der Waals surface area contributed by atoms with Crippen molar-refractivity contribution in [3.8, 4) is 0 Å². The maximum Gasteiger partial charge on any atom is 0.337 e. The predicted molar refractivity (Wildman–Crippen MR) is 47.8 cm³/mol. The molecule has 1 aromatic rings. The van der Waals surface area contributed by atoms with Crippen molar-refractivity contribution in [2.45, 2.75) is 0 Å². The van der Waals surface area contributed by atoms with Crippen LogP contribution in [0.25, 0.3) is 0 Å². The summed E-state index contributed by atoms with van der Waals surface area (Å²) >= 11 is 5.64. The third kappa shape index (κ3) is 1.97. The van der Waals surface area contributed by atoms with E-state index in [4.69, 9.17) is 21.9 Å². The average molecular weight is 200 g/mol. The molecule has 13 heavy (non-hydrogen) atoms. The van der Waals surface area contributed by atoms with Crippen LogP contribution in [0.4, 0.5) is 0 Å². The molecule has 0 amide bonds. The minimum Gasteiger partial charge on any atom is -0.478 e. The Morgan fingerprint density at radius 1 is 1.54 bits per heavy atom. The van der Waals surface area contributed by atoms with Gasteiger partial charge in [-0.3, -0.25) is 0 Å². The molecule has 2 N–H and O–H groups in total. The van der Waals surface area contributed by atoms with Gasteiger partial charge in [-0.05, 0) is 6.07 Å². The van der Waals surface area contributed by atoms with Crippen molar-refractivity contribution < 1.29 is 15.1 Å². The van der Waals surface area contributed by atoms with Crippen molar-refractivity contribution in [2.24, 2.45) is 5.16 Å². The van der Waals surface area contributed by atoms with Crippen LogP contribution in [-0.4, -0.2) is 22.5 Å². The lowest BCUT2D eigenvalue weighted by molar-refractivity contribution is 0.0697. The number of halogens is 1. The van der Waals surface area contributed by atoms with Crippen molar-refractivity contribution in [3.63, 3.8) is 0 Å². The summed E-state index contributed by atoms with van der Waals surface area (Å²) in [4.78, 5) is 10.7. The number of hydrogen-bond acceptors (Lipinski definition) is 3. The summed E-state index contributed by atoms with van der Waals surface area (Å²) in [6, 6.07) is 4.53. The largest absolute Gasteiger partial charge is 0.478 e. The minimum atomic E-state index is -1.15. The fraction of sp³-hybridized carbons (Fsp3) is 0. The van der Waals surface area contributed by atoms with E-state index in [2.05, 4.69) is 5.16 Å². The second kappa shape index (κ2) is 3.91. The summed E-state index contributed by atoms with van der Waals surface area (Å²) < 4.78 is 0. The number of carboxylic acid groups (broad SMARTS) is 1. The first-order valence-corrected chi connectivity index (χ1v) is 3.74. The standard InChI is InChI=1S/C8H6ClNO3/c9-6-3-1-2-5(4-10-13)7(6)8(11)12/h1-4,13H,(H,11,12). The smallest absolute Gasteiger partial charge is 0.337 e. The molecule has 0 bridgehead atoms. The zero-order chi connectivity index (χ0) is 9.84. The van der Waals surface area contributed by atoms with Gasteiger partial charge >= 0.3 is 5.97 Å². The lowest BCUT2D eigenvalue weighted by Crippen LogP contribution is -2.02. The lowest BCUT2D eigenvalue weighted by Gasteiger charge is -2.01. The Bertz CT molecular complexity index is 362. The molecule has 0 heterocycles. The molecule has 0 radical (unpaired) electrons. The van der Waals surface area contributed by atoms with E-state index in [-0.39, 0.29) is 16.1 Å². The molecule has 0 aromatic heterocycles. The molecular formula is C8H6ClNO3. The molecule has 0 spiro atoms. The third-order valence-electron chi connectivity index (χ3n) is 1.46. The highest BCUT2D eigenvalue weighted by Crippen LogP contribution is 2.18. The van der Waals surface area contributed by atoms with E-state index in [1.54, 1.807) is 6.07 Å². The van der Waals surface area contributed by atoms with Crippen LogP contribution >= 0.6 is 11.6 Å². The highest BCUT2D eigenvalue weighted by molar-refractivity contribution is 6.34. The molecule has 0 aliphatic carbocycles. The molecule has 0 aliphatic heterocycles. The van der Waals surface area contributed by atoms with E-state index in [9.17, 15) is 4.79 Å². The third-order valence-corrected chi connectivity index (χ3v) is 1.77. The fourth-order valence-electron chi connectivity index (χ4n) is 0.936. The Kier molecular flexibility index (Phi) is 2.87. The molecule has 1 rings (SSSR count). The van der Waals surface area contributed by atoms with Crippen LogP contribution in [0, 0.1) is 0 Å². The number of rotatable bonds is 2. The van der Waals surface area contributed by atoms with Gasteiger partial charge in [0.05, 0.1) is 16.8 Å². The lowest BCUT2D eigenvalue weighted by atomic mass is 10.1. The van der Waals surface area contributed by atoms with Gasteiger partial charge < -0.3 is 10.3 Å². The van der Waals surface area contributed by atoms with E-state index in [0.29, 0.717) is 0 Å². The second-order valence-corrected chi connectivity index (χ2v) is 2.66. The Morgan fingerprint density at radius 3 is 2.77 bits per heavy atom. The van der Waals surface area contributed by atoms with Crippen LogP contribution < -0.4 is 0 Å². The van der Waals surface area contributed by atoms with Crippen molar-refractivity contribution in [2.75, 3.05) is 0 Å². The van der Waals surface area contributed by atoms with Crippen molar-refractivity contribution >= 4 is 23.8 Å². The summed E-state index contributed by atoms with van der Waals surface area (Å²) in [5, 5.41) is 19.9. The van der Waals surface area contributed by atoms with Crippen LogP contribution in [0.15, 0.2) is 23.4 Å².